The van der Waals surface area contributed by atoms with Crippen LogP contribution in [0.1, 0.15) is 45.7 Å². The first-order valence-electron chi connectivity index (χ1n) is 5.81. The van der Waals surface area contributed by atoms with Crippen molar-refractivity contribution in [3.63, 3.8) is 0 Å². The van der Waals surface area contributed by atoms with E-state index in [1.807, 2.05) is 12.3 Å². The maximum absolute atomic E-state index is 5.62. The third-order valence-corrected chi connectivity index (χ3v) is 3.36. The molecular weight excluding hydrogens is 198 g/mol. The van der Waals surface area contributed by atoms with E-state index in [0.29, 0.717) is 11.3 Å². The highest BCUT2D eigenvalue weighted by Gasteiger charge is 2.23. The standard InChI is InChI=1S/C13H23N3/c1-10(13(2,3)4)8-12(16-14)11-6-5-7-15-9-11/h5-7,9-10,12,16H,8,14H2,1-4H3. The molecule has 3 heteroatoms. The summed E-state index contributed by atoms with van der Waals surface area (Å²) in [6.07, 6.45) is 4.68. The van der Waals surface area contributed by atoms with Gasteiger partial charge in [0, 0.05) is 18.4 Å². The lowest BCUT2D eigenvalue weighted by molar-refractivity contribution is 0.223. The molecule has 2 atom stereocenters. The van der Waals surface area contributed by atoms with Crippen LogP contribution < -0.4 is 11.3 Å². The molecule has 3 N–H and O–H groups in total. The largest absolute Gasteiger partial charge is 0.271 e. The van der Waals surface area contributed by atoms with Crippen LogP contribution in [-0.4, -0.2) is 4.98 Å². The molecule has 0 aliphatic heterocycles. The molecule has 2 unspecified atom stereocenters. The van der Waals surface area contributed by atoms with Gasteiger partial charge in [-0.25, -0.2) is 0 Å². The van der Waals surface area contributed by atoms with E-state index in [9.17, 15) is 0 Å². The second-order valence-corrected chi connectivity index (χ2v) is 5.51. The minimum absolute atomic E-state index is 0.183. The summed E-state index contributed by atoms with van der Waals surface area (Å²) in [5.74, 6) is 6.21. The van der Waals surface area contributed by atoms with Crippen LogP contribution in [0, 0.1) is 11.3 Å². The van der Waals surface area contributed by atoms with E-state index in [1.54, 1.807) is 6.20 Å². The molecular formula is C13H23N3. The van der Waals surface area contributed by atoms with Gasteiger partial charge in [-0.2, -0.15) is 0 Å². The van der Waals surface area contributed by atoms with E-state index < -0.39 is 0 Å². The van der Waals surface area contributed by atoms with Gasteiger partial charge >= 0.3 is 0 Å². The summed E-state index contributed by atoms with van der Waals surface area (Å²) >= 11 is 0. The van der Waals surface area contributed by atoms with Crippen LogP contribution in [0.4, 0.5) is 0 Å². The molecule has 3 nitrogen and oxygen atoms in total. The topological polar surface area (TPSA) is 50.9 Å². The van der Waals surface area contributed by atoms with Gasteiger partial charge in [0.05, 0.1) is 0 Å². The molecule has 0 aromatic carbocycles. The Kier molecular flexibility index (Phi) is 4.44. The number of nitrogens with zero attached hydrogens (tertiary/aromatic N) is 1. The van der Waals surface area contributed by atoms with E-state index in [4.69, 9.17) is 5.84 Å². The van der Waals surface area contributed by atoms with Crippen molar-refractivity contribution in [1.29, 1.82) is 0 Å². The number of pyridine rings is 1. The highest BCUT2D eigenvalue weighted by molar-refractivity contribution is 5.13. The van der Waals surface area contributed by atoms with Crippen LogP contribution in [0.5, 0.6) is 0 Å². The van der Waals surface area contributed by atoms with Crippen LogP contribution in [0.15, 0.2) is 24.5 Å². The zero-order valence-electron chi connectivity index (χ0n) is 10.7. The smallest absolute Gasteiger partial charge is 0.0477 e. The summed E-state index contributed by atoms with van der Waals surface area (Å²) < 4.78 is 0. The quantitative estimate of drug-likeness (QED) is 0.607. The van der Waals surface area contributed by atoms with Crippen LogP contribution in [0.2, 0.25) is 0 Å². The molecule has 0 spiro atoms. The number of nitrogens with one attached hydrogen (secondary N) is 1. The second kappa shape index (κ2) is 5.41. The van der Waals surface area contributed by atoms with Crippen molar-refractivity contribution in [1.82, 2.24) is 10.4 Å². The van der Waals surface area contributed by atoms with E-state index in [-0.39, 0.29) is 6.04 Å². The summed E-state index contributed by atoms with van der Waals surface area (Å²) in [6.45, 7) is 9.04. The first kappa shape index (κ1) is 13.1. The van der Waals surface area contributed by atoms with E-state index in [1.165, 1.54) is 0 Å². The van der Waals surface area contributed by atoms with Crippen molar-refractivity contribution in [3.05, 3.63) is 30.1 Å². The minimum Gasteiger partial charge on any atom is -0.271 e. The van der Waals surface area contributed by atoms with Crippen LogP contribution in [0.3, 0.4) is 0 Å². The van der Waals surface area contributed by atoms with Crippen LogP contribution >= 0.6 is 0 Å². The average Bonchev–Trinajstić information content (AvgIpc) is 2.25. The van der Waals surface area contributed by atoms with Crippen molar-refractivity contribution in [2.24, 2.45) is 17.2 Å². The molecule has 0 bridgehead atoms. The Balaban J connectivity index is 2.70. The molecule has 0 saturated heterocycles. The Hall–Kier alpha value is -0.930. The van der Waals surface area contributed by atoms with Crippen molar-refractivity contribution in [2.45, 2.75) is 40.2 Å². The molecule has 0 radical (unpaired) electrons. The lowest BCUT2D eigenvalue weighted by Gasteiger charge is -2.30. The molecule has 1 rings (SSSR count). The zero-order chi connectivity index (χ0) is 12.2. The normalized spacial score (nSPS) is 15.8. The number of hydrazine groups is 1. The van der Waals surface area contributed by atoms with Crippen molar-refractivity contribution in [3.8, 4) is 0 Å². The highest BCUT2D eigenvalue weighted by Crippen LogP contribution is 2.32. The fourth-order valence-electron chi connectivity index (χ4n) is 1.59. The van der Waals surface area contributed by atoms with Gasteiger partial charge in [0.1, 0.15) is 0 Å². The summed E-state index contributed by atoms with van der Waals surface area (Å²) in [5.41, 5.74) is 4.34. The Morgan fingerprint density at radius 2 is 2.12 bits per heavy atom. The maximum atomic E-state index is 5.62. The summed E-state index contributed by atoms with van der Waals surface area (Å²) in [7, 11) is 0. The van der Waals surface area contributed by atoms with E-state index in [0.717, 1.165) is 12.0 Å². The van der Waals surface area contributed by atoms with E-state index in [2.05, 4.69) is 44.2 Å². The Morgan fingerprint density at radius 1 is 1.44 bits per heavy atom. The number of hydrogen-bond donors (Lipinski definition) is 2. The molecule has 0 aliphatic rings. The number of aromatic nitrogens is 1. The zero-order valence-corrected chi connectivity index (χ0v) is 10.7. The molecule has 16 heavy (non-hydrogen) atoms. The summed E-state index contributed by atoms with van der Waals surface area (Å²) in [5, 5.41) is 0. The SMILES string of the molecule is CC(CC(NN)c1cccnc1)C(C)(C)C. The van der Waals surface area contributed by atoms with Crippen molar-refractivity contribution < 1.29 is 0 Å². The predicted molar refractivity (Wildman–Crippen MR) is 67.5 cm³/mol. The number of hydrogen-bond acceptors (Lipinski definition) is 3. The fraction of sp³-hybridized carbons (Fsp3) is 0.615. The van der Waals surface area contributed by atoms with Gasteiger partial charge in [-0.3, -0.25) is 16.3 Å². The van der Waals surface area contributed by atoms with Gasteiger partial charge < -0.3 is 0 Å². The van der Waals surface area contributed by atoms with Crippen molar-refractivity contribution >= 4 is 0 Å². The third kappa shape index (κ3) is 3.58. The molecule has 90 valence electrons. The van der Waals surface area contributed by atoms with Gasteiger partial charge in [0.15, 0.2) is 0 Å². The molecule has 1 heterocycles. The van der Waals surface area contributed by atoms with Gasteiger partial charge in [0.2, 0.25) is 0 Å². The first-order valence-corrected chi connectivity index (χ1v) is 5.81. The van der Waals surface area contributed by atoms with E-state index >= 15 is 0 Å². The third-order valence-electron chi connectivity index (χ3n) is 3.36. The number of nitrogens with two attached hydrogens (primary N) is 1. The molecule has 0 fully saturated rings. The second-order valence-electron chi connectivity index (χ2n) is 5.51. The highest BCUT2D eigenvalue weighted by atomic mass is 15.2. The fourth-order valence-corrected chi connectivity index (χ4v) is 1.59. The van der Waals surface area contributed by atoms with Gasteiger partial charge in [-0.15, -0.1) is 0 Å². The van der Waals surface area contributed by atoms with Gasteiger partial charge in [-0.1, -0.05) is 33.8 Å². The maximum Gasteiger partial charge on any atom is 0.0477 e. The monoisotopic (exact) mass is 221 g/mol. The summed E-state index contributed by atoms with van der Waals surface area (Å²) in [4.78, 5) is 4.13. The molecule has 0 amide bonds. The Labute approximate surface area is 98.4 Å². The van der Waals surface area contributed by atoms with Crippen LogP contribution in [-0.2, 0) is 0 Å². The molecule has 1 aromatic heterocycles. The number of rotatable bonds is 4. The average molecular weight is 221 g/mol. The first-order chi connectivity index (χ1) is 7.45. The predicted octanol–water partition coefficient (Wildman–Crippen LogP) is 2.66. The van der Waals surface area contributed by atoms with Gasteiger partial charge in [-0.05, 0) is 29.4 Å². The molecule has 0 saturated carbocycles. The Morgan fingerprint density at radius 3 is 2.56 bits per heavy atom. The van der Waals surface area contributed by atoms with Crippen molar-refractivity contribution in [2.75, 3.05) is 0 Å². The molecule has 1 aromatic rings. The lowest BCUT2D eigenvalue weighted by Crippen LogP contribution is -2.32. The van der Waals surface area contributed by atoms with Crippen LogP contribution in [0.25, 0.3) is 0 Å². The summed E-state index contributed by atoms with van der Waals surface area (Å²) in [6, 6.07) is 4.19. The minimum atomic E-state index is 0.183. The molecule has 0 aliphatic carbocycles. The van der Waals surface area contributed by atoms with Gasteiger partial charge in [0.25, 0.3) is 0 Å². The Bertz CT molecular complexity index is 303. The lowest BCUT2D eigenvalue weighted by atomic mass is 9.78.